The second kappa shape index (κ2) is 27.1. The van der Waals surface area contributed by atoms with Crippen LogP contribution < -0.4 is 0 Å². The van der Waals surface area contributed by atoms with Crippen LogP contribution in [0, 0.1) is 0 Å². The molecule has 4 aliphatic rings. The second-order valence-electron chi connectivity index (χ2n) is 36.5. The van der Waals surface area contributed by atoms with E-state index in [-0.39, 0.29) is 0 Å². The van der Waals surface area contributed by atoms with E-state index in [9.17, 15) is 0 Å². The van der Waals surface area contributed by atoms with Crippen LogP contribution in [-0.4, -0.2) is 23.3 Å². The number of furan rings is 1. The molecule has 0 saturated heterocycles. The summed E-state index contributed by atoms with van der Waals surface area (Å²) in [7, 11) is 0. The van der Waals surface area contributed by atoms with Gasteiger partial charge in [0.15, 0.2) is 0 Å². The van der Waals surface area contributed by atoms with E-state index < -0.39 is 10.8 Å². The molecule has 6 heteroatoms. The van der Waals surface area contributed by atoms with E-state index in [0.29, 0.717) is 0 Å². The molecule has 0 radical (unpaired) electrons. The molecule has 6 heterocycles. The molecule has 133 heavy (non-hydrogen) atoms. The fourth-order valence-corrected chi connectivity index (χ4v) is 24.9. The van der Waals surface area contributed by atoms with Gasteiger partial charge in [0.25, 0.3) is 0 Å². The quantitative estimate of drug-likeness (QED) is 0.145. The highest BCUT2D eigenvalue weighted by atomic mass is 16.3. The molecule has 0 fully saturated rings. The molecule has 6 aromatic heterocycles. The number of pyridine rings is 1. The van der Waals surface area contributed by atoms with Crippen molar-refractivity contribution in [1.29, 1.82) is 0 Å². The van der Waals surface area contributed by atoms with Crippen molar-refractivity contribution in [3.05, 3.63) is 499 Å². The fraction of sp³-hybridized carbons (Fsp3) is 0.0157. The summed E-state index contributed by atoms with van der Waals surface area (Å²) < 4.78 is 16.2. The van der Waals surface area contributed by atoms with Gasteiger partial charge >= 0.3 is 0 Å². The number of benzene rings is 20. The number of para-hydroxylation sites is 7. The average Bonchev–Trinajstić information content (AvgIpc) is 1.50. The highest BCUT2D eigenvalue weighted by molar-refractivity contribution is 6.16. The summed E-state index contributed by atoms with van der Waals surface area (Å²) >= 11 is 0. The summed E-state index contributed by atoms with van der Waals surface area (Å²) in [5, 5.41) is 12.0. The van der Waals surface area contributed by atoms with E-state index in [1.807, 2.05) is 6.07 Å². The van der Waals surface area contributed by atoms with Gasteiger partial charge in [-0.2, -0.15) is 0 Å². The normalized spacial score (nSPS) is 14.8. The lowest BCUT2D eigenvalue weighted by atomic mass is 9.70. The molecule has 26 aromatic rings. The lowest BCUT2D eigenvalue weighted by Crippen LogP contribution is -2.26. The Balaban J connectivity index is 0.560. The van der Waals surface area contributed by atoms with Crippen molar-refractivity contribution in [2.24, 2.45) is 0 Å². The SMILES string of the molecule is c1cc(-c2cccc(-c3cccc(-n4c5ccccc5c5ccc(-c6cccc7c6-c6ccccc6C76c7ccc(-n8c9ccccc9c9ccccc98)cc7-c7cc(-n8c9ccccc9c9cc(-c%10cccc%11c%10-c%10ccccc%10C%11%10c%11ccccc%11-c%11cc(-c%12ccc%13oc%14ccccc%14c%13c%12)ccc%11%10)ccc98)ccc76)cc54)c3)n2)cc(-n2c3ccccc3c3ccccc32)c1. The summed E-state index contributed by atoms with van der Waals surface area (Å²) in [4.78, 5) is 5.48. The number of rotatable bonds is 9. The van der Waals surface area contributed by atoms with Crippen molar-refractivity contribution in [2.45, 2.75) is 10.8 Å². The number of aromatic nitrogens is 5. The van der Waals surface area contributed by atoms with E-state index in [1.54, 1.807) is 0 Å². The van der Waals surface area contributed by atoms with Crippen LogP contribution in [0.3, 0.4) is 0 Å². The maximum Gasteiger partial charge on any atom is 0.135 e. The molecule has 30 rings (SSSR count). The molecule has 0 aliphatic heterocycles. The van der Waals surface area contributed by atoms with Crippen LogP contribution in [0.25, 0.3) is 232 Å². The van der Waals surface area contributed by atoms with Crippen molar-refractivity contribution < 1.29 is 4.42 Å². The number of fused-ring (bicyclic) bond motifs is 35. The Bertz CT molecular complexity index is 9550. The smallest absolute Gasteiger partial charge is 0.135 e. The van der Waals surface area contributed by atoms with Crippen LogP contribution in [0.5, 0.6) is 0 Å². The van der Waals surface area contributed by atoms with Gasteiger partial charge in [0, 0.05) is 87.7 Å². The Morgan fingerprint density at radius 2 is 0.496 bits per heavy atom. The third kappa shape index (κ3) is 9.81. The molecule has 4 aliphatic carbocycles. The first-order chi connectivity index (χ1) is 66.0. The largest absolute Gasteiger partial charge is 0.456 e. The monoisotopic (exact) mass is 1690 g/mol. The third-order valence-corrected chi connectivity index (χ3v) is 30.2. The van der Waals surface area contributed by atoms with Crippen molar-refractivity contribution in [1.82, 2.24) is 23.3 Å². The van der Waals surface area contributed by atoms with E-state index in [4.69, 9.17) is 9.40 Å². The Labute approximate surface area is 765 Å². The zero-order valence-corrected chi connectivity index (χ0v) is 71.9. The van der Waals surface area contributed by atoms with Gasteiger partial charge in [0.1, 0.15) is 11.2 Å². The topological polar surface area (TPSA) is 45.8 Å². The molecular formula is C127H75N5O. The van der Waals surface area contributed by atoms with Crippen molar-refractivity contribution in [3.63, 3.8) is 0 Å². The highest BCUT2D eigenvalue weighted by Gasteiger charge is 2.54. The van der Waals surface area contributed by atoms with E-state index in [0.717, 1.165) is 94.8 Å². The molecule has 0 bridgehead atoms. The van der Waals surface area contributed by atoms with Gasteiger partial charge in [0.2, 0.25) is 0 Å². The Morgan fingerprint density at radius 1 is 0.165 bits per heavy atom. The maximum absolute atomic E-state index is 6.33. The van der Waals surface area contributed by atoms with Crippen molar-refractivity contribution in [2.75, 3.05) is 0 Å². The summed E-state index contributed by atoms with van der Waals surface area (Å²) in [5.41, 5.74) is 45.7. The maximum atomic E-state index is 6.33. The van der Waals surface area contributed by atoms with Gasteiger partial charge in [-0.3, -0.25) is 0 Å². The zero-order chi connectivity index (χ0) is 86.6. The van der Waals surface area contributed by atoms with Gasteiger partial charge < -0.3 is 22.7 Å². The van der Waals surface area contributed by atoms with Crippen LogP contribution in [0.4, 0.5) is 0 Å². The van der Waals surface area contributed by atoms with Gasteiger partial charge in [-0.25, -0.2) is 4.98 Å². The van der Waals surface area contributed by atoms with Crippen LogP contribution in [0.1, 0.15) is 44.5 Å². The zero-order valence-electron chi connectivity index (χ0n) is 71.9. The fourth-order valence-electron chi connectivity index (χ4n) is 24.9. The Morgan fingerprint density at radius 3 is 1.02 bits per heavy atom. The van der Waals surface area contributed by atoms with Gasteiger partial charge in [-0.15, -0.1) is 0 Å². The average molecular weight is 1690 g/mol. The Kier molecular flexibility index (Phi) is 14.8. The molecule has 2 unspecified atom stereocenters. The minimum atomic E-state index is -0.703. The predicted molar refractivity (Wildman–Crippen MR) is 549 cm³/mol. The van der Waals surface area contributed by atoms with Crippen LogP contribution >= 0.6 is 0 Å². The summed E-state index contributed by atoms with van der Waals surface area (Å²) in [6, 6.07) is 171. The number of hydrogen-bond acceptors (Lipinski definition) is 2. The molecule has 0 saturated carbocycles. The van der Waals surface area contributed by atoms with Crippen LogP contribution in [-0.2, 0) is 10.8 Å². The standard InChI is InChI=1S/C127H75N5O/c1-11-42-104-88(30-1)99-70-76(77-59-67-123-103(71-77)96-37-10-20-55-122(96)133-123)57-63-107(99)126(104)105-43-12-2-38-97(105)124-86(40-23-45-110(124)126)78-58-66-120-102(72-78)94-36-9-19-54-119(94)131(120)85-61-65-109-101(75-85)100-74-84(130-116-51-16-6-33-91(116)92-34-7-17-52-117(92)130)60-64-108(100)127(109)106-44-13-3-39-98(106)125-87(41-24-46-111(125)127)79-56-62-95-93-35-8-18-53-118(93)132(121(95)73-79)83-29-22-27-81(69-83)113-48-25-47-112(128-113)80-26-21-28-82(68-80)129-114-49-14-4-31-89(114)90-32-5-15-50-115(90)129/h1-75H. The summed E-state index contributed by atoms with van der Waals surface area (Å²) in [6.07, 6.45) is 0. The summed E-state index contributed by atoms with van der Waals surface area (Å²) in [6.45, 7) is 0. The van der Waals surface area contributed by atoms with Crippen LogP contribution in [0.2, 0.25) is 0 Å². The second-order valence-corrected chi connectivity index (χ2v) is 36.5. The van der Waals surface area contributed by atoms with E-state index >= 15 is 0 Å². The molecular weight excluding hydrogens is 1610 g/mol. The minimum Gasteiger partial charge on any atom is -0.456 e. The first-order valence-electron chi connectivity index (χ1n) is 46.1. The third-order valence-electron chi connectivity index (χ3n) is 30.2. The lowest BCUT2D eigenvalue weighted by molar-refractivity contribution is 0.669. The highest BCUT2D eigenvalue weighted by Crippen LogP contribution is 2.67. The van der Waals surface area contributed by atoms with E-state index in [2.05, 4.69) is 467 Å². The molecule has 2 atom stereocenters. The molecule has 2 spiro atoms. The van der Waals surface area contributed by atoms with Crippen molar-refractivity contribution >= 4 is 109 Å². The van der Waals surface area contributed by atoms with Gasteiger partial charge in [-0.05, 0) is 262 Å². The molecule has 614 valence electrons. The van der Waals surface area contributed by atoms with Gasteiger partial charge in [0.05, 0.1) is 66.4 Å². The first-order valence-corrected chi connectivity index (χ1v) is 46.1. The number of hydrogen-bond donors (Lipinski definition) is 0. The lowest BCUT2D eigenvalue weighted by Gasteiger charge is -2.31. The molecule has 6 nitrogen and oxygen atoms in total. The minimum absolute atomic E-state index is 0.548. The van der Waals surface area contributed by atoms with Gasteiger partial charge in [-0.1, -0.05) is 315 Å². The van der Waals surface area contributed by atoms with E-state index in [1.165, 1.54) is 182 Å². The van der Waals surface area contributed by atoms with Crippen LogP contribution in [0.15, 0.2) is 459 Å². The van der Waals surface area contributed by atoms with Crippen molar-refractivity contribution in [3.8, 4) is 123 Å². The predicted octanol–water partition coefficient (Wildman–Crippen LogP) is 32.4. The molecule has 0 N–H and O–H groups in total. The Hall–Kier alpha value is -17.5. The first kappa shape index (κ1) is 72.6. The summed E-state index contributed by atoms with van der Waals surface area (Å²) in [5.74, 6) is 0. The molecule has 0 amide bonds. The molecule has 20 aromatic carbocycles. The number of nitrogens with zero attached hydrogens (tertiary/aromatic N) is 5.